The first-order valence-corrected chi connectivity index (χ1v) is 9.54. The third-order valence-electron chi connectivity index (χ3n) is 5.33. The molecule has 0 aromatic heterocycles. The molecule has 1 fully saturated rings. The van der Waals surface area contributed by atoms with Gasteiger partial charge < -0.3 is 9.47 Å². The fourth-order valence-corrected chi connectivity index (χ4v) is 3.68. The van der Waals surface area contributed by atoms with Gasteiger partial charge in [-0.25, -0.2) is 4.79 Å². The van der Waals surface area contributed by atoms with Crippen LogP contribution in [0.2, 0.25) is 0 Å². The second-order valence-corrected chi connectivity index (χ2v) is 7.77. The molecule has 4 atom stereocenters. The van der Waals surface area contributed by atoms with Crippen LogP contribution in [0.4, 0.5) is 4.79 Å². The van der Waals surface area contributed by atoms with E-state index in [0.717, 1.165) is 19.3 Å². The van der Waals surface area contributed by atoms with Crippen LogP contribution in [0.25, 0.3) is 0 Å². The van der Waals surface area contributed by atoms with Crippen LogP contribution in [0.3, 0.4) is 0 Å². The highest BCUT2D eigenvalue weighted by atomic mass is 16.7. The normalized spacial score (nSPS) is 25.1. The molecule has 2 rings (SSSR count). The zero-order chi connectivity index (χ0) is 18.2. The van der Waals surface area contributed by atoms with E-state index >= 15 is 0 Å². The van der Waals surface area contributed by atoms with Crippen molar-refractivity contribution >= 4 is 6.16 Å². The van der Waals surface area contributed by atoms with Crippen LogP contribution in [0.15, 0.2) is 42.7 Å². The van der Waals surface area contributed by atoms with Crippen molar-refractivity contribution in [1.29, 1.82) is 0 Å². The molecule has 0 bridgehead atoms. The Morgan fingerprint density at radius 3 is 2.60 bits per heavy atom. The highest BCUT2D eigenvalue weighted by Gasteiger charge is 2.33. The molecular formula is C22H32O3. The van der Waals surface area contributed by atoms with Crippen molar-refractivity contribution in [3.8, 4) is 0 Å². The van der Waals surface area contributed by atoms with Crippen LogP contribution in [-0.2, 0) is 9.47 Å². The monoisotopic (exact) mass is 344 g/mol. The summed E-state index contributed by atoms with van der Waals surface area (Å²) in [6.45, 7) is 8.79. The van der Waals surface area contributed by atoms with Crippen molar-refractivity contribution in [2.75, 3.05) is 0 Å². The topological polar surface area (TPSA) is 35.5 Å². The molecule has 25 heavy (non-hydrogen) atoms. The third kappa shape index (κ3) is 6.22. The Kier molecular flexibility index (Phi) is 7.54. The van der Waals surface area contributed by atoms with E-state index in [1.807, 2.05) is 24.3 Å². The summed E-state index contributed by atoms with van der Waals surface area (Å²) in [4.78, 5) is 12.0. The van der Waals surface area contributed by atoms with Gasteiger partial charge in [0, 0.05) is 0 Å². The second kappa shape index (κ2) is 9.65. The zero-order valence-corrected chi connectivity index (χ0v) is 16.0. The van der Waals surface area contributed by atoms with Crippen LogP contribution >= 0.6 is 0 Å². The van der Waals surface area contributed by atoms with Crippen LogP contribution in [0.5, 0.6) is 0 Å². The van der Waals surface area contributed by atoms with Gasteiger partial charge in [-0.15, -0.1) is 0 Å². The minimum atomic E-state index is -0.576. The van der Waals surface area contributed by atoms with Gasteiger partial charge in [0.05, 0.1) is 6.26 Å². The quantitative estimate of drug-likeness (QED) is 0.448. The first kappa shape index (κ1) is 19.6. The van der Waals surface area contributed by atoms with E-state index in [1.165, 1.54) is 18.2 Å². The van der Waals surface area contributed by atoms with Gasteiger partial charge >= 0.3 is 6.16 Å². The molecule has 1 aliphatic carbocycles. The Morgan fingerprint density at radius 1 is 1.20 bits per heavy atom. The molecule has 0 amide bonds. The maximum atomic E-state index is 12.0. The summed E-state index contributed by atoms with van der Waals surface area (Å²) in [5.41, 5.74) is 1.28. The molecule has 1 aromatic rings. The number of hydrogen-bond donors (Lipinski definition) is 0. The molecular weight excluding hydrogens is 312 g/mol. The molecule has 0 heterocycles. The number of rotatable bonds is 6. The largest absolute Gasteiger partial charge is 0.513 e. The van der Waals surface area contributed by atoms with Crippen molar-refractivity contribution in [1.82, 2.24) is 0 Å². The average Bonchev–Trinajstić information content (AvgIpc) is 2.59. The predicted molar refractivity (Wildman–Crippen MR) is 101 cm³/mol. The van der Waals surface area contributed by atoms with Gasteiger partial charge in [-0.2, -0.15) is 0 Å². The molecule has 1 aliphatic rings. The SMILES string of the molecule is CC1CCC(C(C)C)C(OC(=O)OC=CCC(C)c2ccccc2)C1. The van der Waals surface area contributed by atoms with Crippen molar-refractivity contribution in [3.63, 3.8) is 0 Å². The average molecular weight is 344 g/mol. The lowest BCUT2D eigenvalue weighted by molar-refractivity contribution is -0.0199. The standard InChI is InChI=1S/C22H32O3/c1-16(2)20-13-12-17(3)15-21(20)25-22(23)24-14-8-9-18(4)19-10-6-5-7-11-19/h5-8,10-11,14,16-18,20-21H,9,12-13,15H2,1-4H3. The summed E-state index contributed by atoms with van der Waals surface area (Å²) in [5, 5.41) is 0. The fraction of sp³-hybridized carbons (Fsp3) is 0.591. The van der Waals surface area contributed by atoms with Crippen LogP contribution in [0.1, 0.15) is 64.9 Å². The number of ether oxygens (including phenoxy) is 2. The molecule has 0 aliphatic heterocycles. The van der Waals surface area contributed by atoms with Gasteiger partial charge in [0.25, 0.3) is 0 Å². The Bertz CT molecular complexity index is 550. The molecule has 0 N–H and O–H groups in total. The van der Waals surface area contributed by atoms with E-state index in [2.05, 4.69) is 39.8 Å². The van der Waals surface area contributed by atoms with Crippen LogP contribution in [0, 0.1) is 17.8 Å². The first-order valence-electron chi connectivity index (χ1n) is 9.54. The van der Waals surface area contributed by atoms with E-state index in [1.54, 1.807) is 0 Å². The van der Waals surface area contributed by atoms with Gasteiger partial charge in [0.15, 0.2) is 0 Å². The van der Waals surface area contributed by atoms with Gasteiger partial charge in [0.2, 0.25) is 0 Å². The van der Waals surface area contributed by atoms with Gasteiger partial charge in [0.1, 0.15) is 6.10 Å². The zero-order valence-electron chi connectivity index (χ0n) is 16.0. The van der Waals surface area contributed by atoms with Crippen molar-refractivity contribution < 1.29 is 14.3 Å². The summed E-state index contributed by atoms with van der Waals surface area (Å²) in [6, 6.07) is 10.3. The lowest BCUT2D eigenvalue weighted by atomic mass is 9.75. The van der Waals surface area contributed by atoms with E-state index in [4.69, 9.17) is 9.47 Å². The van der Waals surface area contributed by atoms with Gasteiger partial charge in [-0.3, -0.25) is 0 Å². The van der Waals surface area contributed by atoms with Gasteiger partial charge in [-0.05, 0) is 54.6 Å². The maximum absolute atomic E-state index is 12.0. The fourth-order valence-electron chi connectivity index (χ4n) is 3.68. The van der Waals surface area contributed by atoms with E-state index in [0.29, 0.717) is 23.7 Å². The van der Waals surface area contributed by atoms with Crippen molar-refractivity contribution in [2.45, 2.75) is 65.4 Å². The summed E-state index contributed by atoms with van der Waals surface area (Å²) in [7, 11) is 0. The number of allylic oxidation sites excluding steroid dienone is 1. The minimum absolute atomic E-state index is 0.0205. The molecule has 0 saturated heterocycles. The van der Waals surface area contributed by atoms with Gasteiger partial charge in [-0.1, -0.05) is 64.4 Å². The molecule has 1 aromatic carbocycles. The lowest BCUT2D eigenvalue weighted by Crippen LogP contribution is -2.35. The molecule has 1 saturated carbocycles. The molecule has 4 unspecified atom stereocenters. The number of benzene rings is 1. The summed E-state index contributed by atoms with van der Waals surface area (Å²) in [6.07, 6.45) is 6.87. The third-order valence-corrected chi connectivity index (χ3v) is 5.33. The maximum Gasteiger partial charge on any atom is 0.513 e. The second-order valence-electron chi connectivity index (χ2n) is 7.77. The first-order chi connectivity index (χ1) is 12.0. The predicted octanol–water partition coefficient (Wildman–Crippen LogP) is 6.31. The Hall–Kier alpha value is -1.77. The lowest BCUT2D eigenvalue weighted by Gasteiger charge is -2.36. The summed E-state index contributed by atoms with van der Waals surface area (Å²) in [5.74, 6) is 1.95. The molecule has 0 spiro atoms. The molecule has 3 nitrogen and oxygen atoms in total. The summed E-state index contributed by atoms with van der Waals surface area (Å²) >= 11 is 0. The summed E-state index contributed by atoms with van der Waals surface area (Å²) < 4.78 is 10.8. The highest BCUT2D eigenvalue weighted by Crippen LogP contribution is 2.35. The molecule has 138 valence electrons. The van der Waals surface area contributed by atoms with Crippen molar-refractivity contribution in [3.05, 3.63) is 48.2 Å². The molecule has 0 radical (unpaired) electrons. The molecule has 3 heteroatoms. The van der Waals surface area contributed by atoms with E-state index in [-0.39, 0.29) is 6.10 Å². The Labute approximate surface area is 152 Å². The van der Waals surface area contributed by atoms with Crippen molar-refractivity contribution in [2.24, 2.45) is 17.8 Å². The van der Waals surface area contributed by atoms with Crippen LogP contribution in [-0.4, -0.2) is 12.3 Å². The Morgan fingerprint density at radius 2 is 1.92 bits per heavy atom. The number of carbonyl (C=O) groups is 1. The van der Waals surface area contributed by atoms with Crippen LogP contribution < -0.4 is 0 Å². The minimum Gasteiger partial charge on any atom is -0.430 e. The smallest absolute Gasteiger partial charge is 0.430 e. The van der Waals surface area contributed by atoms with E-state index in [9.17, 15) is 4.79 Å². The Balaban J connectivity index is 1.77. The van der Waals surface area contributed by atoms with E-state index < -0.39 is 6.16 Å². The number of hydrogen-bond acceptors (Lipinski definition) is 3. The number of carbonyl (C=O) groups excluding carboxylic acids is 1. The highest BCUT2D eigenvalue weighted by molar-refractivity contribution is 5.61.